The van der Waals surface area contributed by atoms with Gasteiger partial charge in [0.2, 0.25) is 5.88 Å². The van der Waals surface area contributed by atoms with Crippen LogP contribution in [0.4, 0.5) is 23.7 Å². The van der Waals surface area contributed by atoms with E-state index in [2.05, 4.69) is 15.6 Å². The molecule has 1 aromatic carbocycles. The number of carbonyl (C=O) groups is 1. The van der Waals surface area contributed by atoms with Crippen LogP contribution >= 0.6 is 0 Å². The minimum absolute atomic E-state index is 0.00915. The molecule has 0 spiro atoms. The van der Waals surface area contributed by atoms with Crippen LogP contribution in [-0.4, -0.2) is 30.3 Å². The van der Waals surface area contributed by atoms with E-state index in [1.807, 2.05) is 6.07 Å². The maximum absolute atomic E-state index is 12.6. The number of rotatable bonds is 5. The van der Waals surface area contributed by atoms with Gasteiger partial charge in [-0.2, -0.15) is 13.2 Å². The maximum atomic E-state index is 12.6. The van der Waals surface area contributed by atoms with Crippen molar-refractivity contribution in [1.29, 1.82) is 0 Å². The zero-order valence-electron chi connectivity index (χ0n) is 15.8. The van der Waals surface area contributed by atoms with E-state index in [1.54, 1.807) is 18.2 Å². The van der Waals surface area contributed by atoms with Crippen LogP contribution in [0.3, 0.4) is 0 Å². The summed E-state index contributed by atoms with van der Waals surface area (Å²) in [6, 6.07) is 8.98. The predicted octanol–water partition coefficient (Wildman–Crippen LogP) is 4.62. The third kappa shape index (κ3) is 5.75. The van der Waals surface area contributed by atoms with Crippen LogP contribution in [0.25, 0.3) is 0 Å². The number of hydrogen-bond acceptors (Lipinski definition) is 4. The lowest BCUT2D eigenvalue weighted by molar-refractivity contribution is -0.137. The second-order valence-corrected chi connectivity index (χ2v) is 6.77. The number of nitrogens with zero attached hydrogens (tertiary/aromatic N) is 1. The fourth-order valence-electron chi connectivity index (χ4n) is 3.21. The molecule has 0 aliphatic heterocycles. The quantitative estimate of drug-likeness (QED) is 0.756. The van der Waals surface area contributed by atoms with Gasteiger partial charge in [0.25, 0.3) is 0 Å². The third-order valence-electron chi connectivity index (χ3n) is 4.72. The standard InChI is InChI=1S/C20H22F3N3O3/c1-28-17-5-3-2-4-16(17)26-19(27)25-14-7-9-15(10-8-14)29-18-11-6-13(12-24-18)20(21,22)23/h2-6,11-12,14-15H,7-10H2,1H3,(H2,25,26,27). The van der Waals surface area contributed by atoms with Gasteiger partial charge in [-0.1, -0.05) is 12.1 Å². The average molecular weight is 409 g/mol. The molecule has 2 amide bonds. The van der Waals surface area contributed by atoms with Crippen LogP contribution in [0, 0.1) is 0 Å². The number of anilines is 1. The Hall–Kier alpha value is -2.97. The molecule has 1 aliphatic rings. The van der Waals surface area contributed by atoms with Gasteiger partial charge in [-0.15, -0.1) is 0 Å². The third-order valence-corrected chi connectivity index (χ3v) is 4.72. The Morgan fingerprint density at radius 1 is 1.10 bits per heavy atom. The van der Waals surface area contributed by atoms with Crippen molar-refractivity contribution in [2.45, 2.75) is 44.0 Å². The Balaban J connectivity index is 1.45. The van der Waals surface area contributed by atoms with Crippen LogP contribution < -0.4 is 20.1 Å². The Morgan fingerprint density at radius 3 is 2.45 bits per heavy atom. The molecule has 0 radical (unpaired) electrons. The SMILES string of the molecule is COc1ccccc1NC(=O)NC1CCC(Oc2ccc(C(F)(F)F)cn2)CC1. The van der Waals surface area contributed by atoms with Gasteiger partial charge < -0.3 is 20.1 Å². The van der Waals surface area contributed by atoms with Gasteiger partial charge in [-0.05, 0) is 43.9 Å². The highest BCUT2D eigenvalue weighted by Crippen LogP contribution is 2.30. The Kier molecular flexibility index (Phi) is 6.46. The van der Waals surface area contributed by atoms with Crippen LogP contribution in [-0.2, 0) is 6.18 Å². The lowest BCUT2D eigenvalue weighted by atomic mass is 9.93. The van der Waals surface area contributed by atoms with Crippen molar-refractivity contribution >= 4 is 11.7 Å². The highest BCUT2D eigenvalue weighted by Gasteiger charge is 2.31. The summed E-state index contributed by atoms with van der Waals surface area (Å²) in [5, 5.41) is 5.69. The lowest BCUT2D eigenvalue weighted by Crippen LogP contribution is -2.41. The smallest absolute Gasteiger partial charge is 0.417 e. The van der Waals surface area contributed by atoms with Gasteiger partial charge >= 0.3 is 12.2 Å². The second kappa shape index (κ2) is 9.02. The summed E-state index contributed by atoms with van der Waals surface area (Å²) < 4.78 is 48.6. The largest absolute Gasteiger partial charge is 0.495 e. The zero-order valence-corrected chi connectivity index (χ0v) is 15.8. The van der Waals surface area contributed by atoms with Crippen molar-refractivity contribution < 1.29 is 27.4 Å². The molecule has 29 heavy (non-hydrogen) atoms. The van der Waals surface area contributed by atoms with E-state index < -0.39 is 11.7 Å². The molecule has 1 heterocycles. The first-order chi connectivity index (χ1) is 13.8. The minimum Gasteiger partial charge on any atom is -0.495 e. The Bertz CT molecular complexity index is 820. The van der Waals surface area contributed by atoms with E-state index in [-0.39, 0.29) is 24.1 Å². The zero-order chi connectivity index (χ0) is 20.9. The molecule has 156 valence electrons. The maximum Gasteiger partial charge on any atom is 0.417 e. The molecule has 0 unspecified atom stereocenters. The molecule has 2 N–H and O–H groups in total. The van der Waals surface area contributed by atoms with Crippen molar-refractivity contribution in [3.63, 3.8) is 0 Å². The van der Waals surface area contributed by atoms with Crippen LogP contribution in [0.1, 0.15) is 31.2 Å². The van der Waals surface area contributed by atoms with E-state index in [1.165, 1.54) is 13.2 Å². The predicted molar refractivity (Wildman–Crippen MR) is 101 cm³/mol. The van der Waals surface area contributed by atoms with Crippen molar-refractivity contribution in [1.82, 2.24) is 10.3 Å². The van der Waals surface area contributed by atoms with E-state index in [9.17, 15) is 18.0 Å². The molecule has 3 rings (SSSR count). The number of pyridine rings is 1. The average Bonchev–Trinajstić information content (AvgIpc) is 2.69. The number of para-hydroxylation sites is 2. The molecule has 1 aliphatic carbocycles. The van der Waals surface area contributed by atoms with E-state index in [4.69, 9.17) is 9.47 Å². The Morgan fingerprint density at radius 2 is 1.83 bits per heavy atom. The molecule has 0 saturated heterocycles. The molecule has 9 heteroatoms. The number of halogens is 3. The number of aromatic nitrogens is 1. The van der Waals surface area contributed by atoms with Gasteiger partial charge in [-0.25, -0.2) is 9.78 Å². The van der Waals surface area contributed by atoms with Gasteiger partial charge in [0, 0.05) is 18.3 Å². The summed E-state index contributed by atoms with van der Waals surface area (Å²) in [7, 11) is 1.53. The number of alkyl halides is 3. The fraction of sp³-hybridized carbons (Fsp3) is 0.400. The number of amides is 2. The van der Waals surface area contributed by atoms with Crippen molar-refractivity contribution in [2.24, 2.45) is 0 Å². The number of carbonyl (C=O) groups excluding carboxylic acids is 1. The molecule has 6 nitrogen and oxygen atoms in total. The summed E-state index contributed by atoms with van der Waals surface area (Å²) in [4.78, 5) is 16.0. The van der Waals surface area contributed by atoms with Crippen molar-refractivity contribution in [3.05, 3.63) is 48.2 Å². The topological polar surface area (TPSA) is 72.5 Å². The molecule has 1 saturated carbocycles. The first-order valence-corrected chi connectivity index (χ1v) is 9.25. The Labute approximate surface area is 166 Å². The van der Waals surface area contributed by atoms with Crippen molar-refractivity contribution in [3.8, 4) is 11.6 Å². The molecular weight excluding hydrogens is 387 g/mol. The highest BCUT2D eigenvalue weighted by atomic mass is 19.4. The van der Waals surface area contributed by atoms with E-state index >= 15 is 0 Å². The number of benzene rings is 1. The van der Waals surface area contributed by atoms with Gasteiger partial charge in [0.05, 0.1) is 18.4 Å². The normalized spacial score (nSPS) is 19.3. The van der Waals surface area contributed by atoms with E-state index in [0.29, 0.717) is 37.1 Å². The summed E-state index contributed by atoms with van der Waals surface area (Å²) in [6.07, 6.45) is -1.06. The van der Waals surface area contributed by atoms with E-state index in [0.717, 1.165) is 12.3 Å². The highest BCUT2D eigenvalue weighted by molar-refractivity contribution is 5.91. The number of ether oxygens (including phenoxy) is 2. The first kappa shape index (κ1) is 20.8. The number of hydrogen-bond donors (Lipinski definition) is 2. The monoisotopic (exact) mass is 409 g/mol. The van der Waals surface area contributed by atoms with Gasteiger partial charge in [-0.3, -0.25) is 0 Å². The number of urea groups is 1. The fourth-order valence-corrected chi connectivity index (χ4v) is 3.21. The number of nitrogens with one attached hydrogen (secondary N) is 2. The summed E-state index contributed by atoms with van der Waals surface area (Å²) in [5.41, 5.74) is -0.225. The molecular formula is C20H22F3N3O3. The summed E-state index contributed by atoms with van der Waals surface area (Å²) in [6.45, 7) is 0. The minimum atomic E-state index is -4.42. The van der Waals surface area contributed by atoms with Gasteiger partial charge in [0.15, 0.2) is 0 Å². The van der Waals surface area contributed by atoms with Crippen LogP contribution in [0.15, 0.2) is 42.6 Å². The van der Waals surface area contributed by atoms with Gasteiger partial charge in [0.1, 0.15) is 11.9 Å². The molecule has 1 fully saturated rings. The second-order valence-electron chi connectivity index (χ2n) is 6.77. The van der Waals surface area contributed by atoms with Crippen LogP contribution in [0.2, 0.25) is 0 Å². The summed E-state index contributed by atoms with van der Waals surface area (Å²) in [5.74, 6) is 0.743. The lowest BCUT2D eigenvalue weighted by Gasteiger charge is -2.29. The molecule has 2 aromatic rings. The number of methoxy groups -OCH3 is 1. The first-order valence-electron chi connectivity index (χ1n) is 9.25. The molecule has 0 bridgehead atoms. The summed E-state index contributed by atoms with van der Waals surface area (Å²) >= 11 is 0. The molecule has 1 aromatic heterocycles. The van der Waals surface area contributed by atoms with Crippen molar-refractivity contribution in [2.75, 3.05) is 12.4 Å². The van der Waals surface area contributed by atoms with Crippen LogP contribution in [0.5, 0.6) is 11.6 Å². The molecule has 0 atom stereocenters.